The van der Waals surface area contributed by atoms with Crippen LogP contribution in [0.2, 0.25) is 0 Å². The molecule has 1 aromatic carbocycles. The minimum atomic E-state index is -0.517. The van der Waals surface area contributed by atoms with Gasteiger partial charge in [-0.3, -0.25) is 4.79 Å². The Hall–Kier alpha value is -2.08. The first-order valence-electron chi connectivity index (χ1n) is 10.3. The zero-order valence-corrected chi connectivity index (χ0v) is 16.2. The maximum absolute atomic E-state index is 12.9. The molecule has 0 aliphatic carbocycles. The van der Waals surface area contributed by atoms with Crippen molar-refractivity contribution >= 4 is 17.6 Å². The van der Waals surface area contributed by atoms with Crippen LogP contribution in [0.25, 0.3) is 0 Å². The smallest absolute Gasteiger partial charge is 0.318 e. The van der Waals surface area contributed by atoms with E-state index in [1.54, 1.807) is 6.92 Å². The summed E-state index contributed by atoms with van der Waals surface area (Å²) in [7, 11) is 0. The lowest BCUT2D eigenvalue weighted by Gasteiger charge is -2.30. The van der Waals surface area contributed by atoms with Crippen molar-refractivity contribution in [1.29, 1.82) is 0 Å². The Kier molecular flexibility index (Phi) is 5.34. The average molecular weight is 370 g/mol. The van der Waals surface area contributed by atoms with E-state index in [1.165, 1.54) is 18.4 Å². The molecule has 4 rings (SSSR count). The highest BCUT2D eigenvalue weighted by molar-refractivity contribution is 6.00. The van der Waals surface area contributed by atoms with E-state index in [0.29, 0.717) is 6.54 Å². The Morgan fingerprint density at radius 2 is 1.89 bits per heavy atom. The highest BCUT2D eigenvalue weighted by atomic mass is 16.2. The fourth-order valence-corrected chi connectivity index (χ4v) is 4.69. The number of amides is 3. The first-order chi connectivity index (χ1) is 13.1. The number of para-hydroxylation sites is 1. The predicted octanol–water partition coefficient (Wildman–Crippen LogP) is 2.23. The monoisotopic (exact) mass is 370 g/mol. The average Bonchev–Trinajstić information content (AvgIpc) is 3.42. The fraction of sp³-hybridized carbons (Fsp3) is 0.619. The number of carbonyl (C=O) groups is 2. The van der Waals surface area contributed by atoms with Crippen molar-refractivity contribution in [3.8, 4) is 0 Å². The third-order valence-corrected chi connectivity index (χ3v) is 6.17. The van der Waals surface area contributed by atoms with E-state index in [0.717, 1.165) is 51.1 Å². The molecule has 0 saturated carbocycles. The van der Waals surface area contributed by atoms with E-state index < -0.39 is 6.04 Å². The van der Waals surface area contributed by atoms with Crippen molar-refractivity contribution in [2.24, 2.45) is 0 Å². The Bertz CT molecular complexity index is 701. The van der Waals surface area contributed by atoms with Gasteiger partial charge in [0.1, 0.15) is 6.04 Å². The van der Waals surface area contributed by atoms with Gasteiger partial charge in [-0.15, -0.1) is 0 Å². The van der Waals surface area contributed by atoms with Crippen LogP contribution in [0.4, 0.5) is 10.5 Å². The summed E-state index contributed by atoms with van der Waals surface area (Å²) >= 11 is 0. The normalized spacial score (nSPS) is 23.5. The van der Waals surface area contributed by atoms with Gasteiger partial charge in [-0.2, -0.15) is 0 Å². The molecule has 2 fully saturated rings. The number of nitrogens with zero attached hydrogens (tertiary/aromatic N) is 3. The van der Waals surface area contributed by atoms with Crippen LogP contribution in [0.5, 0.6) is 0 Å². The van der Waals surface area contributed by atoms with Gasteiger partial charge in [0.2, 0.25) is 5.91 Å². The summed E-state index contributed by atoms with van der Waals surface area (Å²) in [4.78, 5) is 32.0. The van der Waals surface area contributed by atoms with Crippen LogP contribution in [0.3, 0.4) is 0 Å². The fourth-order valence-electron chi connectivity index (χ4n) is 4.69. The first kappa shape index (κ1) is 18.3. The van der Waals surface area contributed by atoms with Gasteiger partial charge in [0.05, 0.1) is 0 Å². The zero-order valence-electron chi connectivity index (χ0n) is 16.2. The largest absolute Gasteiger partial charge is 0.326 e. The van der Waals surface area contributed by atoms with Gasteiger partial charge in [-0.1, -0.05) is 18.2 Å². The van der Waals surface area contributed by atoms with Gasteiger partial charge in [0.15, 0.2) is 0 Å². The molecule has 0 bridgehead atoms. The minimum Gasteiger partial charge on any atom is -0.326 e. The molecule has 27 heavy (non-hydrogen) atoms. The first-order valence-corrected chi connectivity index (χ1v) is 10.3. The number of nitrogens with one attached hydrogen (secondary N) is 1. The van der Waals surface area contributed by atoms with E-state index in [-0.39, 0.29) is 18.0 Å². The molecule has 0 radical (unpaired) electrons. The van der Waals surface area contributed by atoms with Crippen LogP contribution in [0, 0.1) is 0 Å². The molecule has 146 valence electrons. The van der Waals surface area contributed by atoms with Crippen LogP contribution in [0.1, 0.15) is 38.2 Å². The SMILES string of the molecule is C[C@H](NC(=O)N1CCC[C@H]1CN1CCCC1)C(=O)N1CCc2ccccc21. The Morgan fingerprint density at radius 1 is 1.11 bits per heavy atom. The molecule has 3 aliphatic rings. The Labute approximate surface area is 161 Å². The topological polar surface area (TPSA) is 55.9 Å². The van der Waals surface area contributed by atoms with E-state index in [2.05, 4.69) is 16.3 Å². The quantitative estimate of drug-likeness (QED) is 0.884. The second kappa shape index (κ2) is 7.89. The summed E-state index contributed by atoms with van der Waals surface area (Å²) in [5.74, 6) is -0.0245. The van der Waals surface area contributed by atoms with Gasteiger partial charge in [-0.25, -0.2) is 4.79 Å². The number of carbonyl (C=O) groups excluding carboxylic acids is 2. The van der Waals surface area contributed by atoms with Crippen LogP contribution < -0.4 is 10.2 Å². The molecule has 0 spiro atoms. The zero-order chi connectivity index (χ0) is 18.8. The summed E-state index contributed by atoms with van der Waals surface area (Å²) in [6.07, 6.45) is 5.52. The molecule has 3 amide bonds. The molecule has 6 heteroatoms. The maximum Gasteiger partial charge on any atom is 0.318 e. The van der Waals surface area contributed by atoms with Gasteiger partial charge in [0, 0.05) is 31.4 Å². The number of anilines is 1. The van der Waals surface area contributed by atoms with Crippen molar-refractivity contribution in [3.05, 3.63) is 29.8 Å². The van der Waals surface area contributed by atoms with Crippen LogP contribution in [0.15, 0.2) is 24.3 Å². The number of hydrogen-bond acceptors (Lipinski definition) is 3. The molecule has 1 N–H and O–H groups in total. The Balaban J connectivity index is 1.35. The molecule has 1 aromatic rings. The van der Waals surface area contributed by atoms with E-state index in [1.807, 2.05) is 28.0 Å². The van der Waals surface area contributed by atoms with Crippen LogP contribution >= 0.6 is 0 Å². The summed E-state index contributed by atoms with van der Waals surface area (Å²) in [6, 6.07) is 7.69. The number of benzene rings is 1. The van der Waals surface area contributed by atoms with Crippen LogP contribution in [-0.4, -0.2) is 66.5 Å². The van der Waals surface area contributed by atoms with Crippen LogP contribution in [-0.2, 0) is 11.2 Å². The lowest BCUT2D eigenvalue weighted by Crippen LogP contribution is -2.53. The number of fused-ring (bicyclic) bond motifs is 1. The van der Waals surface area contributed by atoms with E-state index in [9.17, 15) is 9.59 Å². The standard InChI is InChI=1S/C21H30N4O2/c1-16(20(26)25-14-10-17-7-2-3-9-19(17)25)22-21(27)24-13-6-8-18(24)15-23-11-4-5-12-23/h2-3,7,9,16,18H,4-6,8,10-15H2,1H3,(H,22,27)/t16-,18-/m0/s1. The summed E-state index contributed by atoms with van der Waals surface area (Å²) in [5, 5.41) is 2.96. The molecular formula is C21H30N4O2. The number of rotatable bonds is 4. The molecule has 0 unspecified atom stereocenters. The van der Waals surface area contributed by atoms with Gasteiger partial charge in [0.25, 0.3) is 0 Å². The maximum atomic E-state index is 12.9. The number of urea groups is 1. The summed E-state index contributed by atoms with van der Waals surface area (Å²) in [5.41, 5.74) is 2.19. The van der Waals surface area contributed by atoms with Crippen molar-refractivity contribution in [3.63, 3.8) is 0 Å². The van der Waals surface area contributed by atoms with E-state index in [4.69, 9.17) is 0 Å². The second-order valence-electron chi connectivity index (χ2n) is 8.04. The van der Waals surface area contributed by atoms with Gasteiger partial charge in [-0.05, 0) is 63.7 Å². The van der Waals surface area contributed by atoms with Crippen molar-refractivity contribution < 1.29 is 9.59 Å². The lowest BCUT2D eigenvalue weighted by molar-refractivity contribution is -0.120. The second-order valence-corrected chi connectivity index (χ2v) is 8.04. The highest BCUT2D eigenvalue weighted by Gasteiger charge is 2.34. The molecule has 2 atom stereocenters. The Morgan fingerprint density at radius 3 is 2.70 bits per heavy atom. The molecule has 6 nitrogen and oxygen atoms in total. The van der Waals surface area contributed by atoms with Crippen molar-refractivity contribution in [2.45, 2.75) is 51.1 Å². The van der Waals surface area contributed by atoms with E-state index >= 15 is 0 Å². The minimum absolute atomic E-state index is 0.0245. The number of hydrogen-bond donors (Lipinski definition) is 1. The molecular weight excluding hydrogens is 340 g/mol. The van der Waals surface area contributed by atoms with Crippen molar-refractivity contribution in [1.82, 2.24) is 15.1 Å². The predicted molar refractivity (Wildman–Crippen MR) is 106 cm³/mol. The summed E-state index contributed by atoms with van der Waals surface area (Å²) < 4.78 is 0. The molecule has 0 aromatic heterocycles. The van der Waals surface area contributed by atoms with Gasteiger partial charge >= 0.3 is 6.03 Å². The third kappa shape index (κ3) is 3.81. The molecule has 3 heterocycles. The van der Waals surface area contributed by atoms with Crippen molar-refractivity contribution in [2.75, 3.05) is 37.6 Å². The van der Waals surface area contributed by atoms with Gasteiger partial charge < -0.3 is 20.0 Å². The molecule has 3 aliphatic heterocycles. The number of likely N-dealkylation sites (tertiary alicyclic amines) is 2. The lowest BCUT2D eigenvalue weighted by atomic mass is 10.2. The molecule has 2 saturated heterocycles. The summed E-state index contributed by atoms with van der Waals surface area (Å²) in [6.45, 7) is 6.55. The third-order valence-electron chi connectivity index (χ3n) is 6.17. The highest BCUT2D eigenvalue weighted by Crippen LogP contribution is 2.28.